The fraction of sp³-hybridized carbons (Fsp3) is 0.211. The zero-order valence-corrected chi connectivity index (χ0v) is 13.7. The minimum absolute atomic E-state index is 0.239. The minimum atomic E-state index is -0.864. The second-order valence-corrected chi connectivity index (χ2v) is 6.73. The molecule has 6 heteroatoms. The number of hydrogen-bond donors (Lipinski definition) is 1. The van der Waals surface area contributed by atoms with Crippen molar-refractivity contribution in [3.63, 3.8) is 0 Å². The summed E-state index contributed by atoms with van der Waals surface area (Å²) in [6, 6.07) is 9.58. The van der Waals surface area contributed by atoms with Crippen LogP contribution in [0.15, 0.2) is 36.4 Å². The first-order valence-corrected chi connectivity index (χ1v) is 7.89. The lowest BCUT2D eigenvalue weighted by Gasteiger charge is -2.21. The summed E-state index contributed by atoms with van der Waals surface area (Å²) >= 11 is 0. The van der Waals surface area contributed by atoms with Crippen LogP contribution in [-0.4, -0.2) is 17.7 Å². The van der Waals surface area contributed by atoms with Crippen LogP contribution in [0.3, 0.4) is 0 Å². The Labute approximate surface area is 143 Å². The van der Waals surface area contributed by atoms with Crippen molar-refractivity contribution < 1.29 is 18.8 Å². The number of fused-ring (bicyclic) bond motifs is 2. The highest BCUT2D eigenvalue weighted by Crippen LogP contribution is 2.43. The van der Waals surface area contributed by atoms with Gasteiger partial charge in [-0.15, -0.1) is 0 Å². The van der Waals surface area contributed by atoms with E-state index in [4.69, 9.17) is 0 Å². The van der Waals surface area contributed by atoms with Crippen molar-refractivity contribution in [1.29, 1.82) is 0 Å². The number of hydrogen-bond acceptors (Lipinski definition) is 3. The van der Waals surface area contributed by atoms with Gasteiger partial charge in [0.1, 0.15) is 6.67 Å². The van der Waals surface area contributed by atoms with Gasteiger partial charge in [0, 0.05) is 5.69 Å². The molecule has 4 rings (SSSR count). The third kappa shape index (κ3) is 1.97. The molecular weight excluding hydrogens is 323 g/mol. The van der Waals surface area contributed by atoms with Crippen LogP contribution >= 0.6 is 0 Å². The summed E-state index contributed by atoms with van der Waals surface area (Å²) in [4.78, 5) is 38.5. The molecule has 1 N–H and O–H groups in total. The molecule has 25 heavy (non-hydrogen) atoms. The summed E-state index contributed by atoms with van der Waals surface area (Å²) in [6.07, 6.45) is 0. The Morgan fingerprint density at radius 3 is 2.20 bits per heavy atom. The average molecular weight is 338 g/mol. The molecule has 0 atom stereocenters. The predicted molar refractivity (Wildman–Crippen MR) is 90.5 cm³/mol. The van der Waals surface area contributed by atoms with E-state index in [9.17, 15) is 18.8 Å². The van der Waals surface area contributed by atoms with Crippen molar-refractivity contribution in [2.24, 2.45) is 0 Å². The molecule has 2 heterocycles. The normalized spacial score (nSPS) is 17.6. The van der Waals surface area contributed by atoms with E-state index < -0.39 is 23.9 Å². The zero-order chi connectivity index (χ0) is 17.9. The number of benzene rings is 2. The van der Waals surface area contributed by atoms with Crippen LogP contribution in [0, 0.1) is 0 Å². The van der Waals surface area contributed by atoms with Crippen LogP contribution in [0.25, 0.3) is 0 Å². The Hall–Kier alpha value is -3.02. The van der Waals surface area contributed by atoms with Gasteiger partial charge in [0.05, 0.1) is 22.2 Å². The topological polar surface area (TPSA) is 66.5 Å². The van der Waals surface area contributed by atoms with Crippen molar-refractivity contribution in [2.45, 2.75) is 25.9 Å². The number of alkyl halides is 1. The minimum Gasteiger partial charge on any atom is -0.325 e. The van der Waals surface area contributed by atoms with E-state index in [0.29, 0.717) is 27.9 Å². The van der Waals surface area contributed by atoms with E-state index in [1.165, 1.54) is 6.07 Å². The van der Waals surface area contributed by atoms with Gasteiger partial charge in [0.15, 0.2) is 0 Å². The second kappa shape index (κ2) is 4.99. The van der Waals surface area contributed by atoms with Gasteiger partial charge in [-0.2, -0.15) is 0 Å². The number of amides is 3. The van der Waals surface area contributed by atoms with Crippen molar-refractivity contribution >= 4 is 29.1 Å². The molecule has 0 saturated carbocycles. The Kier molecular flexibility index (Phi) is 3.09. The molecule has 0 radical (unpaired) electrons. The SMILES string of the molecule is CC1(C)C(=O)Nc2cc(N3C(=O)c4ccccc4C3=O)cc(CF)c21. The first-order chi connectivity index (χ1) is 11.9. The van der Waals surface area contributed by atoms with Gasteiger partial charge in [-0.25, -0.2) is 9.29 Å². The number of carbonyl (C=O) groups is 3. The van der Waals surface area contributed by atoms with Gasteiger partial charge in [-0.1, -0.05) is 12.1 Å². The monoisotopic (exact) mass is 338 g/mol. The predicted octanol–water partition coefficient (Wildman–Crippen LogP) is 3.19. The third-order valence-electron chi connectivity index (χ3n) is 4.84. The number of halogens is 1. The molecular formula is C19H15FN2O3. The van der Waals surface area contributed by atoms with E-state index in [2.05, 4.69) is 5.32 Å². The Bertz CT molecular complexity index is 930. The number of anilines is 2. The third-order valence-corrected chi connectivity index (χ3v) is 4.84. The molecule has 0 saturated heterocycles. The molecule has 0 aliphatic carbocycles. The average Bonchev–Trinajstić information content (AvgIpc) is 2.98. The molecule has 2 aromatic carbocycles. The standard InChI is InChI=1S/C19H15FN2O3/c1-19(2)15-10(9-20)7-11(8-14(15)21-18(19)25)22-16(23)12-5-3-4-6-13(12)17(22)24/h3-8H,9H2,1-2H3,(H,21,25). The van der Waals surface area contributed by atoms with Gasteiger partial charge in [0.2, 0.25) is 5.91 Å². The molecule has 2 aliphatic rings. The van der Waals surface area contributed by atoms with E-state index in [0.717, 1.165) is 4.90 Å². The smallest absolute Gasteiger partial charge is 0.266 e. The Morgan fingerprint density at radius 2 is 1.64 bits per heavy atom. The molecule has 5 nitrogen and oxygen atoms in total. The maximum Gasteiger partial charge on any atom is 0.266 e. The molecule has 2 aromatic rings. The van der Waals surface area contributed by atoms with E-state index in [-0.39, 0.29) is 11.6 Å². The number of carbonyl (C=O) groups excluding carboxylic acids is 3. The highest BCUT2D eigenvalue weighted by molar-refractivity contribution is 6.34. The molecule has 0 bridgehead atoms. The van der Waals surface area contributed by atoms with Crippen molar-refractivity contribution in [2.75, 3.05) is 10.2 Å². The summed E-state index contributed by atoms with van der Waals surface area (Å²) in [5.41, 5.74) is 1.34. The lowest BCUT2D eigenvalue weighted by atomic mass is 9.83. The largest absolute Gasteiger partial charge is 0.325 e. The molecule has 2 aliphatic heterocycles. The quantitative estimate of drug-likeness (QED) is 0.855. The van der Waals surface area contributed by atoms with Crippen molar-refractivity contribution in [1.82, 2.24) is 0 Å². The summed E-state index contributed by atoms with van der Waals surface area (Å²) in [5.74, 6) is -1.14. The number of imide groups is 1. The summed E-state index contributed by atoms with van der Waals surface area (Å²) in [5, 5.41) is 2.72. The maximum atomic E-state index is 13.6. The van der Waals surface area contributed by atoms with Gasteiger partial charge in [-0.3, -0.25) is 14.4 Å². The first-order valence-electron chi connectivity index (χ1n) is 7.89. The Morgan fingerprint density at radius 1 is 1.04 bits per heavy atom. The van der Waals surface area contributed by atoms with E-state index >= 15 is 0 Å². The first kappa shape index (κ1) is 15.5. The lowest BCUT2D eigenvalue weighted by molar-refractivity contribution is -0.119. The van der Waals surface area contributed by atoms with Crippen LogP contribution in [0.5, 0.6) is 0 Å². The van der Waals surface area contributed by atoms with Crippen LogP contribution in [0.1, 0.15) is 45.7 Å². The zero-order valence-electron chi connectivity index (χ0n) is 13.7. The number of nitrogens with one attached hydrogen (secondary N) is 1. The molecule has 126 valence electrons. The van der Waals surface area contributed by atoms with Crippen molar-refractivity contribution in [3.8, 4) is 0 Å². The van der Waals surface area contributed by atoms with Crippen LogP contribution in [0.4, 0.5) is 15.8 Å². The van der Waals surface area contributed by atoms with Crippen molar-refractivity contribution in [3.05, 3.63) is 58.7 Å². The second-order valence-electron chi connectivity index (χ2n) is 6.73. The summed E-state index contributed by atoms with van der Waals surface area (Å²) in [6.45, 7) is 2.64. The molecule has 0 aromatic heterocycles. The summed E-state index contributed by atoms with van der Waals surface area (Å²) in [7, 11) is 0. The van der Waals surface area contributed by atoms with E-state index in [1.807, 2.05) is 0 Å². The van der Waals surface area contributed by atoms with Gasteiger partial charge >= 0.3 is 0 Å². The van der Waals surface area contributed by atoms with Crippen LogP contribution in [-0.2, 0) is 16.9 Å². The summed E-state index contributed by atoms with van der Waals surface area (Å²) < 4.78 is 13.6. The number of nitrogens with zero attached hydrogens (tertiary/aromatic N) is 1. The van der Waals surface area contributed by atoms with Crippen LogP contribution in [0.2, 0.25) is 0 Å². The van der Waals surface area contributed by atoms with Gasteiger partial charge < -0.3 is 5.32 Å². The lowest BCUT2D eigenvalue weighted by Crippen LogP contribution is -2.29. The molecule has 0 spiro atoms. The molecule has 3 amide bonds. The highest BCUT2D eigenvalue weighted by atomic mass is 19.1. The highest BCUT2D eigenvalue weighted by Gasteiger charge is 2.42. The fourth-order valence-corrected chi connectivity index (χ4v) is 3.57. The fourth-order valence-electron chi connectivity index (χ4n) is 3.57. The maximum absolute atomic E-state index is 13.6. The van der Waals surface area contributed by atoms with Gasteiger partial charge in [-0.05, 0) is 49.2 Å². The van der Waals surface area contributed by atoms with E-state index in [1.54, 1.807) is 44.2 Å². The Balaban J connectivity index is 1.87. The molecule has 0 unspecified atom stereocenters. The van der Waals surface area contributed by atoms with Gasteiger partial charge in [0.25, 0.3) is 11.8 Å². The molecule has 0 fully saturated rings. The number of rotatable bonds is 2. The van der Waals surface area contributed by atoms with Crippen LogP contribution < -0.4 is 10.2 Å².